The number of benzene rings is 1. The summed E-state index contributed by atoms with van der Waals surface area (Å²) in [6.07, 6.45) is 3.35. The molecule has 3 aromatic rings. The summed E-state index contributed by atoms with van der Waals surface area (Å²) in [5.41, 5.74) is 14.1. The van der Waals surface area contributed by atoms with Crippen molar-refractivity contribution in [3.63, 3.8) is 0 Å². The monoisotopic (exact) mass is 253 g/mol. The summed E-state index contributed by atoms with van der Waals surface area (Å²) in [4.78, 5) is 8.31. The molecule has 0 aliphatic rings. The van der Waals surface area contributed by atoms with E-state index >= 15 is 0 Å². The van der Waals surface area contributed by atoms with Crippen LogP contribution in [0.5, 0.6) is 0 Å². The minimum atomic E-state index is 0.373. The summed E-state index contributed by atoms with van der Waals surface area (Å²) in [6, 6.07) is 8.80. The van der Waals surface area contributed by atoms with Crippen LogP contribution in [0.15, 0.2) is 47.2 Å². The third kappa shape index (κ3) is 2.23. The van der Waals surface area contributed by atoms with E-state index in [1.807, 2.05) is 12.1 Å². The quantitative estimate of drug-likeness (QED) is 0.676. The Morgan fingerprint density at radius 1 is 1.00 bits per heavy atom. The van der Waals surface area contributed by atoms with Crippen LogP contribution in [-0.2, 0) is 0 Å². The van der Waals surface area contributed by atoms with Crippen LogP contribution in [0.25, 0.3) is 22.8 Å². The first-order chi connectivity index (χ1) is 9.22. The highest BCUT2D eigenvalue weighted by atomic mass is 16.5. The average Bonchev–Trinajstić information content (AvgIpc) is 2.88. The molecular formula is C13H11N5O. The van der Waals surface area contributed by atoms with Crippen LogP contribution >= 0.6 is 0 Å². The molecule has 0 fully saturated rings. The first kappa shape index (κ1) is 11.2. The van der Waals surface area contributed by atoms with Gasteiger partial charge < -0.3 is 16.0 Å². The van der Waals surface area contributed by atoms with Gasteiger partial charge in [-0.15, -0.1) is 0 Å². The van der Waals surface area contributed by atoms with Crippen molar-refractivity contribution in [3.8, 4) is 22.8 Å². The largest absolute Gasteiger partial charge is 0.399 e. The molecule has 4 N–H and O–H groups in total. The molecule has 0 aliphatic heterocycles. The maximum absolute atomic E-state index is 5.73. The Bertz CT molecular complexity index is 688. The van der Waals surface area contributed by atoms with Gasteiger partial charge >= 0.3 is 0 Å². The van der Waals surface area contributed by atoms with Crippen molar-refractivity contribution in [2.75, 3.05) is 11.5 Å². The number of hydrogen-bond acceptors (Lipinski definition) is 6. The first-order valence-electron chi connectivity index (χ1n) is 5.63. The summed E-state index contributed by atoms with van der Waals surface area (Å²) in [7, 11) is 0. The third-order valence-corrected chi connectivity index (χ3v) is 2.57. The molecule has 0 amide bonds. The minimum Gasteiger partial charge on any atom is -0.399 e. The molecule has 0 aliphatic carbocycles. The van der Waals surface area contributed by atoms with Gasteiger partial charge in [0.1, 0.15) is 0 Å². The Balaban J connectivity index is 2.02. The highest BCUT2D eigenvalue weighted by Gasteiger charge is 2.11. The smallest absolute Gasteiger partial charge is 0.258 e. The number of hydrogen-bond donors (Lipinski definition) is 2. The Labute approximate surface area is 109 Å². The molecule has 6 heteroatoms. The molecule has 6 nitrogen and oxygen atoms in total. The molecule has 0 unspecified atom stereocenters. The van der Waals surface area contributed by atoms with Crippen LogP contribution in [0.1, 0.15) is 0 Å². The fraction of sp³-hybridized carbons (Fsp3) is 0. The molecule has 0 saturated heterocycles. The number of nitrogen functional groups attached to an aromatic ring is 2. The SMILES string of the molecule is Nc1cc(N)cc(-c2nc(-c3cccnc3)no2)c1. The molecule has 94 valence electrons. The van der Waals surface area contributed by atoms with E-state index in [1.54, 1.807) is 30.6 Å². The zero-order valence-corrected chi connectivity index (χ0v) is 9.95. The van der Waals surface area contributed by atoms with Crippen molar-refractivity contribution < 1.29 is 4.52 Å². The lowest BCUT2D eigenvalue weighted by Crippen LogP contribution is -1.91. The second-order valence-electron chi connectivity index (χ2n) is 4.05. The number of nitrogens with zero attached hydrogens (tertiary/aromatic N) is 3. The normalized spacial score (nSPS) is 10.5. The van der Waals surface area contributed by atoms with Gasteiger partial charge in [-0.1, -0.05) is 5.16 Å². The summed E-state index contributed by atoms with van der Waals surface area (Å²) >= 11 is 0. The molecule has 0 spiro atoms. The van der Waals surface area contributed by atoms with Crippen molar-refractivity contribution in [1.82, 2.24) is 15.1 Å². The second kappa shape index (κ2) is 4.41. The Hall–Kier alpha value is -2.89. The third-order valence-electron chi connectivity index (χ3n) is 2.57. The van der Waals surface area contributed by atoms with Gasteiger partial charge in [0.25, 0.3) is 5.89 Å². The summed E-state index contributed by atoms with van der Waals surface area (Å²) < 4.78 is 5.22. The van der Waals surface area contributed by atoms with E-state index in [0.29, 0.717) is 28.7 Å². The lowest BCUT2D eigenvalue weighted by molar-refractivity contribution is 0.432. The molecule has 19 heavy (non-hydrogen) atoms. The molecule has 0 atom stereocenters. The van der Waals surface area contributed by atoms with E-state index in [4.69, 9.17) is 16.0 Å². The summed E-state index contributed by atoms with van der Waals surface area (Å²) in [5.74, 6) is 0.849. The molecule has 0 saturated carbocycles. The van der Waals surface area contributed by atoms with Crippen molar-refractivity contribution in [2.24, 2.45) is 0 Å². The zero-order chi connectivity index (χ0) is 13.2. The van der Waals surface area contributed by atoms with E-state index in [-0.39, 0.29) is 0 Å². The first-order valence-corrected chi connectivity index (χ1v) is 5.63. The maximum atomic E-state index is 5.73. The van der Waals surface area contributed by atoms with Crippen LogP contribution in [-0.4, -0.2) is 15.1 Å². The van der Waals surface area contributed by atoms with E-state index in [0.717, 1.165) is 5.56 Å². The topological polar surface area (TPSA) is 104 Å². The number of rotatable bonds is 2. The predicted octanol–water partition coefficient (Wildman–Crippen LogP) is 1.96. The maximum Gasteiger partial charge on any atom is 0.258 e. The Kier molecular flexibility index (Phi) is 2.60. The van der Waals surface area contributed by atoms with Gasteiger partial charge in [-0.25, -0.2) is 0 Å². The standard InChI is InChI=1S/C13H11N5O/c14-10-4-9(5-11(15)6-10)13-17-12(18-19-13)8-2-1-3-16-7-8/h1-7H,14-15H2. The number of anilines is 2. The highest BCUT2D eigenvalue weighted by molar-refractivity contribution is 5.68. The molecular weight excluding hydrogens is 242 g/mol. The molecule has 0 bridgehead atoms. The van der Waals surface area contributed by atoms with Gasteiger partial charge in [0.05, 0.1) is 0 Å². The van der Waals surface area contributed by atoms with Crippen molar-refractivity contribution >= 4 is 11.4 Å². The summed E-state index contributed by atoms with van der Waals surface area (Å²) in [5, 5.41) is 3.91. The Morgan fingerprint density at radius 2 is 1.79 bits per heavy atom. The van der Waals surface area contributed by atoms with Gasteiger partial charge in [0, 0.05) is 34.9 Å². The lowest BCUT2D eigenvalue weighted by atomic mass is 10.2. The van der Waals surface area contributed by atoms with Gasteiger partial charge in [-0.3, -0.25) is 4.98 Å². The lowest BCUT2D eigenvalue weighted by Gasteiger charge is -1.99. The van der Waals surface area contributed by atoms with Crippen LogP contribution in [0.3, 0.4) is 0 Å². The molecule has 1 aromatic carbocycles. The van der Waals surface area contributed by atoms with Crippen LogP contribution in [0.4, 0.5) is 11.4 Å². The predicted molar refractivity (Wildman–Crippen MR) is 71.8 cm³/mol. The van der Waals surface area contributed by atoms with E-state index in [2.05, 4.69) is 15.1 Å². The van der Waals surface area contributed by atoms with Crippen LogP contribution in [0, 0.1) is 0 Å². The van der Waals surface area contributed by atoms with Crippen molar-refractivity contribution in [2.45, 2.75) is 0 Å². The fourth-order valence-electron chi connectivity index (χ4n) is 1.75. The molecule has 3 rings (SSSR count). The van der Waals surface area contributed by atoms with Gasteiger partial charge in [-0.05, 0) is 30.3 Å². The van der Waals surface area contributed by atoms with Crippen LogP contribution < -0.4 is 11.5 Å². The van der Waals surface area contributed by atoms with Gasteiger partial charge in [0.15, 0.2) is 0 Å². The second-order valence-corrected chi connectivity index (χ2v) is 4.05. The molecule has 0 radical (unpaired) electrons. The average molecular weight is 253 g/mol. The summed E-state index contributed by atoms with van der Waals surface area (Å²) in [6.45, 7) is 0. The Morgan fingerprint density at radius 3 is 2.47 bits per heavy atom. The van der Waals surface area contributed by atoms with Gasteiger partial charge in [0.2, 0.25) is 5.82 Å². The molecule has 2 heterocycles. The van der Waals surface area contributed by atoms with E-state index in [1.165, 1.54) is 0 Å². The fourth-order valence-corrected chi connectivity index (χ4v) is 1.75. The van der Waals surface area contributed by atoms with Crippen molar-refractivity contribution in [1.29, 1.82) is 0 Å². The van der Waals surface area contributed by atoms with E-state index in [9.17, 15) is 0 Å². The number of pyridine rings is 1. The number of nitrogens with two attached hydrogens (primary N) is 2. The highest BCUT2D eigenvalue weighted by Crippen LogP contribution is 2.25. The van der Waals surface area contributed by atoms with Crippen molar-refractivity contribution in [3.05, 3.63) is 42.7 Å². The molecule has 2 aromatic heterocycles. The van der Waals surface area contributed by atoms with E-state index < -0.39 is 0 Å². The zero-order valence-electron chi connectivity index (χ0n) is 9.95. The van der Waals surface area contributed by atoms with Crippen LogP contribution in [0.2, 0.25) is 0 Å². The minimum absolute atomic E-state index is 0.373. The number of aromatic nitrogens is 3. The van der Waals surface area contributed by atoms with Gasteiger partial charge in [-0.2, -0.15) is 4.98 Å².